The number of likely N-dealkylation sites (tertiary alicyclic amines) is 1. The molecule has 2 rings (SSSR count). The van der Waals surface area contributed by atoms with Gasteiger partial charge in [0, 0.05) is 6.54 Å². The number of piperidine rings is 1. The van der Waals surface area contributed by atoms with E-state index in [0.717, 1.165) is 32.6 Å². The molecule has 1 aliphatic rings. The normalized spacial score (nSPS) is 18.9. The summed E-state index contributed by atoms with van der Waals surface area (Å²) in [5, 5.41) is 11.1. The van der Waals surface area contributed by atoms with Gasteiger partial charge in [-0.2, -0.15) is 5.06 Å². The Morgan fingerprint density at radius 1 is 1.17 bits per heavy atom. The van der Waals surface area contributed by atoms with E-state index in [1.54, 1.807) is 5.06 Å². The summed E-state index contributed by atoms with van der Waals surface area (Å²) in [6.07, 6.45) is 3.43. The molecule has 1 fully saturated rings. The van der Waals surface area contributed by atoms with Crippen LogP contribution in [0.1, 0.15) is 52.5 Å². The zero-order valence-corrected chi connectivity index (χ0v) is 15.8. The molecule has 136 valence electrons. The third-order valence-electron chi connectivity index (χ3n) is 4.87. The smallest absolute Gasteiger partial charge is 0.119 e. The lowest BCUT2D eigenvalue weighted by Crippen LogP contribution is -2.42. The van der Waals surface area contributed by atoms with Crippen LogP contribution in [-0.4, -0.2) is 53.6 Å². The lowest BCUT2D eigenvalue weighted by Gasteiger charge is -2.40. The summed E-state index contributed by atoms with van der Waals surface area (Å²) < 4.78 is 0. The summed E-state index contributed by atoms with van der Waals surface area (Å²) >= 11 is 0. The van der Waals surface area contributed by atoms with Gasteiger partial charge in [0.15, 0.2) is 0 Å². The topological polar surface area (TPSA) is 35.9 Å². The van der Waals surface area contributed by atoms with Crippen LogP contribution in [0.4, 0.5) is 0 Å². The Hall–Kier alpha value is -0.940. The highest BCUT2D eigenvalue weighted by atomic mass is 16.7. The second kappa shape index (κ2) is 8.43. The fourth-order valence-electron chi connectivity index (χ4n) is 3.40. The van der Waals surface area contributed by atoms with Gasteiger partial charge in [-0.15, -0.1) is 0 Å². The Morgan fingerprint density at radius 2 is 1.79 bits per heavy atom. The number of nitrogens with zero attached hydrogens (tertiary/aromatic N) is 2. The van der Waals surface area contributed by atoms with Gasteiger partial charge in [-0.1, -0.05) is 37.3 Å². The molecule has 0 aromatic heterocycles. The molecule has 0 unspecified atom stereocenters. The van der Waals surface area contributed by atoms with Crippen LogP contribution >= 0.6 is 0 Å². The lowest BCUT2D eigenvalue weighted by atomic mass is 9.74. The molecular formula is C20H34N2O2. The standard InChI is InChI=1S/C20H34N2O2/c1-19(2,3)24-22(17-23)14-8-13-21-15-11-20(4,12-16-21)18-9-6-5-7-10-18/h5-7,9-10,23H,8,11-17H2,1-4H3. The summed E-state index contributed by atoms with van der Waals surface area (Å²) in [7, 11) is 0. The van der Waals surface area contributed by atoms with Gasteiger partial charge in [0.1, 0.15) is 6.73 Å². The molecule has 0 amide bonds. The second-order valence-corrected chi connectivity index (χ2v) is 8.17. The van der Waals surface area contributed by atoms with Gasteiger partial charge in [0.2, 0.25) is 0 Å². The minimum absolute atomic E-state index is 0.0522. The van der Waals surface area contributed by atoms with Crippen LogP contribution in [0.3, 0.4) is 0 Å². The van der Waals surface area contributed by atoms with E-state index in [1.165, 1.54) is 18.4 Å². The molecule has 0 saturated carbocycles. The Kier molecular flexibility index (Phi) is 6.81. The Bertz CT molecular complexity index is 476. The highest BCUT2D eigenvalue weighted by Gasteiger charge is 2.31. The molecule has 0 radical (unpaired) electrons. The first-order chi connectivity index (χ1) is 11.3. The molecule has 1 N–H and O–H groups in total. The molecular weight excluding hydrogens is 300 g/mol. The van der Waals surface area contributed by atoms with E-state index in [1.807, 2.05) is 20.8 Å². The number of hydroxylamine groups is 2. The highest BCUT2D eigenvalue weighted by Crippen LogP contribution is 2.34. The van der Waals surface area contributed by atoms with Gasteiger partial charge >= 0.3 is 0 Å². The number of rotatable bonds is 7. The van der Waals surface area contributed by atoms with E-state index in [9.17, 15) is 5.11 Å². The molecule has 0 atom stereocenters. The molecule has 0 bridgehead atoms. The fourth-order valence-corrected chi connectivity index (χ4v) is 3.40. The van der Waals surface area contributed by atoms with Crippen molar-refractivity contribution in [1.82, 2.24) is 9.96 Å². The SMILES string of the molecule is CC(C)(C)ON(CO)CCCN1CCC(C)(c2ccccc2)CC1. The van der Waals surface area contributed by atoms with Crippen molar-refractivity contribution in [3.8, 4) is 0 Å². The summed E-state index contributed by atoms with van der Waals surface area (Å²) in [6, 6.07) is 10.9. The van der Waals surface area contributed by atoms with Crippen LogP contribution in [0.2, 0.25) is 0 Å². The molecule has 1 aliphatic heterocycles. The summed E-state index contributed by atoms with van der Waals surface area (Å²) in [5.41, 5.74) is 1.52. The van der Waals surface area contributed by atoms with Crippen LogP contribution < -0.4 is 0 Å². The molecule has 0 spiro atoms. The van der Waals surface area contributed by atoms with Crippen LogP contribution in [-0.2, 0) is 10.3 Å². The second-order valence-electron chi connectivity index (χ2n) is 8.17. The first-order valence-electron chi connectivity index (χ1n) is 9.15. The minimum Gasteiger partial charge on any atom is -0.379 e. The van der Waals surface area contributed by atoms with E-state index in [0.29, 0.717) is 5.41 Å². The van der Waals surface area contributed by atoms with Crippen molar-refractivity contribution >= 4 is 0 Å². The van der Waals surface area contributed by atoms with Gasteiger partial charge < -0.3 is 10.0 Å². The number of aliphatic hydroxyl groups is 1. The van der Waals surface area contributed by atoms with Gasteiger partial charge in [-0.05, 0) is 70.6 Å². The zero-order chi connectivity index (χ0) is 17.6. The van der Waals surface area contributed by atoms with Crippen molar-refractivity contribution < 1.29 is 9.94 Å². The van der Waals surface area contributed by atoms with Gasteiger partial charge in [-0.3, -0.25) is 4.84 Å². The molecule has 1 heterocycles. The Morgan fingerprint density at radius 3 is 2.33 bits per heavy atom. The zero-order valence-electron chi connectivity index (χ0n) is 15.8. The van der Waals surface area contributed by atoms with Gasteiger partial charge in [-0.25, -0.2) is 0 Å². The number of aliphatic hydroxyl groups excluding tert-OH is 1. The van der Waals surface area contributed by atoms with Crippen LogP contribution in [0.15, 0.2) is 30.3 Å². The Balaban J connectivity index is 1.73. The van der Waals surface area contributed by atoms with E-state index in [2.05, 4.69) is 42.2 Å². The van der Waals surface area contributed by atoms with Crippen molar-refractivity contribution in [1.29, 1.82) is 0 Å². The predicted molar refractivity (Wildman–Crippen MR) is 98.7 cm³/mol. The minimum atomic E-state index is -0.259. The van der Waals surface area contributed by atoms with Crippen LogP contribution in [0.5, 0.6) is 0 Å². The summed E-state index contributed by atoms with van der Waals surface area (Å²) in [5.74, 6) is 0. The number of hydrogen-bond acceptors (Lipinski definition) is 4. The molecule has 24 heavy (non-hydrogen) atoms. The molecule has 1 saturated heterocycles. The predicted octanol–water partition coefficient (Wildman–Crippen LogP) is 3.41. The van der Waals surface area contributed by atoms with Crippen molar-refractivity contribution in [2.75, 3.05) is 32.9 Å². The molecule has 0 aliphatic carbocycles. The lowest BCUT2D eigenvalue weighted by molar-refractivity contribution is -0.255. The summed E-state index contributed by atoms with van der Waals surface area (Å²) in [6.45, 7) is 12.5. The largest absolute Gasteiger partial charge is 0.379 e. The maximum absolute atomic E-state index is 9.41. The third kappa shape index (κ3) is 5.85. The number of benzene rings is 1. The maximum atomic E-state index is 9.41. The van der Waals surface area contributed by atoms with Crippen molar-refractivity contribution in [2.45, 2.75) is 58.0 Å². The quantitative estimate of drug-likeness (QED) is 0.612. The highest BCUT2D eigenvalue weighted by molar-refractivity contribution is 5.25. The fraction of sp³-hybridized carbons (Fsp3) is 0.700. The maximum Gasteiger partial charge on any atom is 0.119 e. The van der Waals surface area contributed by atoms with E-state index in [-0.39, 0.29) is 12.3 Å². The first kappa shape index (κ1) is 19.4. The van der Waals surface area contributed by atoms with E-state index < -0.39 is 0 Å². The third-order valence-corrected chi connectivity index (χ3v) is 4.87. The van der Waals surface area contributed by atoms with Gasteiger partial charge in [0.05, 0.1) is 5.60 Å². The van der Waals surface area contributed by atoms with Crippen LogP contribution in [0, 0.1) is 0 Å². The van der Waals surface area contributed by atoms with Crippen LogP contribution in [0.25, 0.3) is 0 Å². The van der Waals surface area contributed by atoms with E-state index in [4.69, 9.17) is 4.84 Å². The molecule has 1 aromatic carbocycles. The Labute approximate surface area is 147 Å². The van der Waals surface area contributed by atoms with Crippen molar-refractivity contribution in [2.24, 2.45) is 0 Å². The molecule has 4 heteroatoms. The molecule has 1 aromatic rings. The van der Waals surface area contributed by atoms with Crippen molar-refractivity contribution in [3.05, 3.63) is 35.9 Å². The van der Waals surface area contributed by atoms with Crippen molar-refractivity contribution in [3.63, 3.8) is 0 Å². The van der Waals surface area contributed by atoms with Gasteiger partial charge in [0.25, 0.3) is 0 Å². The average molecular weight is 335 g/mol. The molecule has 4 nitrogen and oxygen atoms in total. The van der Waals surface area contributed by atoms with E-state index >= 15 is 0 Å². The first-order valence-corrected chi connectivity index (χ1v) is 9.15. The summed E-state index contributed by atoms with van der Waals surface area (Å²) in [4.78, 5) is 8.27. The number of hydrogen-bond donors (Lipinski definition) is 1. The average Bonchev–Trinajstić information content (AvgIpc) is 2.55. The monoisotopic (exact) mass is 334 g/mol.